The van der Waals surface area contributed by atoms with Crippen molar-refractivity contribution in [3.63, 3.8) is 0 Å². The number of benzene rings is 2. The summed E-state index contributed by atoms with van der Waals surface area (Å²) in [5.74, 6) is 0. The molecule has 0 aliphatic heterocycles. The molecule has 0 bridgehead atoms. The van der Waals surface area contributed by atoms with E-state index in [9.17, 15) is 0 Å². The van der Waals surface area contributed by atoms with Gasteiger partial charge in [0.25, 0.3) is 0 Å². The molecule has 0 spiro atoms. The van der Waals surface area contributed by atoms with E-state index in [2.05, 4.69) is 62.5 Å². The van der Waals surface area contributed by atoms with Crippen LogP contribution in [0.2, 0.25) is 0 Å². The molecule has 0 aliphatic rings. The van der Waals surface area contributed by atoms with Gasteiger partial charge < -0.3 is 0 Å². The minimum absolute atomic E-state index is 1.12. The van der Waals surface area contributed by atoms with Crippen molar-refractivity contribution in [2.75, 3.05) is 0 Å². The summed E-state index contributed by atoms with van der Waals surface area (Å²) in [5, 5.41) is 3.64. The van der Waals surface area contributed by atoms with E-state index in [0.29, 0.717) is 0 Å². The molecule has 1 heterocycles. The number of hydrogen-bond donors (Lipinski definition) is 0. The molecule has 102 valence electrons. The van der Waals surface area contributed by atoms with Crippen molar-refractivity contribution in [2.45, 2.75) is 33.6 Å². The van der Waals surface area contributed by atoms with Gasteiger partial charge in [0.05, 0.1) is 0 Å². The van der Waals surface area contributed by atoms with E-state index in [-0.39, 0.29) is 0 Å². The summed E-state index contributed by atoms with van der Waals surface area (Å²) in [5.41, 5.74) is 7.13. The lowest BCUT2D eigenvalue weighted by molar-refractivity contribution is 0.950. The Morgan fingerprint density at radius 1 is 0.900 bits per heavy atom. The van der Waals surface area contributed by atoms with E-state index >= 15 is 0 Å². The SMILES string of the molecule is Cc1ccc(CCc2cc(C)c3sccc3c2C)cc1. The molecule has 1 aromatic heterocycles. The van der Waals surface area contributed by atoms with Gasteiger partial charge in [-0.05, 0) is 72.7 Å². The molecular weight excluding hydrogens is 260 g/mol. The van der Waals surface area contributed by atoms with Crippen LogP contribution in [0.3, 0.4) is 0 Å². The van der Waals surface area contributed by atoms with Crippen LogP contribution in [0.1, 0.15) is 27.8 Å². The number of hydrogen-bond acceptors (Lipinski definition) is 1. The largest absolute Gasteiger partial charge is 0.144 e. The third kappa shape index (κ3) is 2.51. The minimum atomic E-state index is 1.12. The summed E-state index contributed by atoms with van der Waals surface area (Å²) in [6, 6.07) is 13.5. The molecule has 2 aromatic carbocycles. The number of thiophene rings is 1. The van der Waals surface area contributed by atoms with Gasteiger partial charge in [0.2, 0.25) is 0 Å². The van der Waals surface area contributed by atoms with E-state index in [1.165, 1.54) is 37.9 Å². The molecule has 0 unspecified atom stereocenters. The summed E-state index contributed by atoms with van der Waals surface area (Å²) >= 11 is 1.85. The average Bonchev–Trinajstić information content (AvgIpc) is 2.93. The van der Waals surface area contributed by atoms with Crippen LogP contribution in [-0.2, 0) is 12.8 Å². The molecule has 0 atom stereocenters. The molecule has 0 N–H and O–H groups in total. The monoisotopic (exact) mass is 280 g/mol. The van der Waals surface area contributed by atoms with Crippen LogP contribution in [0.5, 0.6) is 0 Å². The fraction of sp³-hybridized carbons (Fsp3) is 0.263. The minimum Gasteiger partial charge on any atom is -0.144 e. The third-order valence-corrected chi connectivity index (χ3v) is 5.15. The predicted molar refractivity (Wildman–Crippen MR) is 89.9 cm³/mol. The average molecular weight is 280 g/mol. The summed E-state index contributed by atoms with van der Waals surface area (Å²) in [6.45, 7) is 6.63. The molecule has 3 rings (SSSR count). The predicted octanol–water partition coefficient (Wildman–Crippen LogP) is 5.61. The van der Waals surface area contributed by atoms with Crippen LogP contribution in [-0.4, -0.2) is 0 Å². The first-order valence-corrected chi connectivity index (χ1v) is 8.05. The zero-order valence-electron chi connectivity index (χ0n) is 12.4. The van der Waals surface area contributed by atoms with Crippen LogP contribution in [0.4, 0.5) is 0 Å². The standard InChI is InChI=1S/C19H20S/c1-13-4-6-16(7-5-13)8-9-17-12-14(2)19-18(15(17)3)10-11-20-19/h4-7,10-12H,8-9H2,1-3H3. The van der Waals surface area contributed by atoms with Crippen molar-refractivity contribution in [2.24, 2.45) is 0 Å². The maximum atomic E-state index is 2.38. The second kappa shape index (κ2) is 5.41. The highest BCUT2D eigenvalue weighted by molar-refractivity contribution is 7.17. The van der Waals surface area contributed by atoms with Crippen molar-refractivity contribution < 1.29 is 0 Å². The van der Waals surface area contributed by atoms with E-state index < -0.39 is 0 Å². The first-order chi connectivity index (χ1) is 9.65. The lowest BCUT2D eigenvalue weighted by Gasteiger charge is -2.10. The van der Waals surface area contributed by atoms with Gasteiger partial charge in [0, 0.05) is 4.70 Å². The fourth-order valence-corrected chi connectivity index (χ4v) is 3.74. The van der Waals surface area contributed by atoms with Gasteiger partial charge >= 0.3 is 0 Å². The number of rotatable bonds is 3. The fourth-order valence-electron chi connectivity index (χ4n) is 2.81. The lowest BCUT2D eigenvalue weighted by Crippen LogP contribution is -1.96. The maximum absolute atomic E-state index is 2.38. The smallest absolute Gasteiger partial charge is 0.0374 e. The van der Waals surface area contributed by atoms with Crippen molar-refractivity contribution >= 4 is 21.4 Å². The summed E-state index contributed by atoms with van der Waals surface area (Å²) in [6.07, 6.45) is 2.25. The van der Waals surface area contributed by atoms with Crippen molar-refractivity contribution in [3.05, 3.63) is 69.6 Å². The quantitative estimate of drug-likeness (QED) is 0.585. The second-order valence-corrected chi connectivity index (χ2v) is 6.54. The summed E-state index contributed by atoms with van der Waals surface area (Å²) in [7, 11) is 0. The zero-order valence-corrected chi connectivity index (χ0v) is 13.2. The van der Waals surface area contributed by atoms with Crippen molar-refractivity contribution in [1.29, 1.82) is 0 Å². The van der Waals surface area contributed by atoms with E-state index in [0.717, 1.165) is 12.8 Å². The first kappa shape index (κ1) is 13.4. The normalized spacial score (nSPS) is 11.2. The molecule has 0 saturated heterocycles. The topological polar surface area (TPSA) is 0 Å². The lowest BCUT2D eigenvalue weighted by atomic mass is 9.96. The van der Waals surface area contributed by atoms with E-state index in [1.54, 1.807) is 0 Å². The van der Waals surface area contributed by atoms with Gasteiger partial charge in [-0.2, -0.15) is 0 Å². The summed E-state index contributed by atoms with van der Waals surface area (Å²) < 4.78 is 1.45. The molecule has 0 aliphatic carbocycles. The van der Waals surface area contributed by atoms with Crippen LogP contribution in [0, 0.1) is 20.8 Å². The molecular formula is C19H20S. The van der Waals surface area contributed by atoms with Gasteiger partial charge in [0.15, 0.2) is 0 Å². The van der Waals surface area contributed by atoms with Crippen molar-refractivity contribution in [1.82, 2.24) is 0 Å². The Labute approximate surface area is 125 Å². The molecule has 0 amide bonds. The molecule has 0 fully saturated rings. The highest BCUT2D eigenvalue weighted by atomic mass is 32.1. The molecule has 1 heteroatoms. The summed E-state index contributed by atoms with van der Waals surface area (Å²) in [4.78, 5) is 0. The molecule has 0 nitrogen and oxygen atoms in total. The van der Waals surface area contributed by atoms with Crippen LogP contribution in [0.15, 0.2) is 41.8 Å². The Morgan fingerprint density at radius 3 is 2.40 bits per heavy atom. The Bertz CT molecular complexity index is 732. The Morgan fingerprint density at radius 2 is 1.65 bits per heavy atom. The second-order valence-electron chi connectivity index (χ2n) is 5.63. The van der Waals surface area contributed by atoms with Crippen LogP contribution < -0.4 is 0 Å². The number of aryl methyl sites for hydroxylation is 5. The Balaban J connectivity index is 1.87. The highest BCUT2D eigenvalue weighted by Gasteiger charge is 2.08. The molecule has 3 aromatic rings. The van der Waals surface area contributed by atoms with Gasteiger partial charge in [0.1, 0.15) is 0 Å². The van der Waals surface area contributed by atoms with Crippen LogP contribution >= 0.6 is 11.3 Å². The number of fused-ring (bicyclic) bond motifs is 1. The van der Waals surface area contributed by atoms with Crippen molar-refractivity contribution in [3.8, 4) is 0 Å². The third-order valence-electron chi connectivity index (χ3n) is 4.10. The Kier molecular flexibility index (Phi) is 3.62. The van der Waals surface area contributed by atoms with Gasteiger partial charge in [-0.15, -0.1) is 11.3 Å². The van der Waals surface area contributed by atoms with E-state index in [1.807, 2.05) is 11.3 Å². The molecule has 0 radical (unpaired) electrons. The Hall–Kier alpha value is -1.60. The highest BCUT2D eigenvalue weighted by Crippen LogP contribution is 2.30. The zero-order chi connectivity index (χ0) is 14.1. The van der Waals surface area contributed by atoms with Crippen LogP contribution in [0.25, 0.3) is 10.1 Å². The van der Waals surface area contributed by atoms with Gasteiger partial charge in [-0.1, -0.05) is 35.9 Å². The molecule has 20 heavy (non-hydrogen) atoms. The van der Waals surface area contributed by atoms with E-state index in [4.69, 9.17) is 0 Å². The first-order valence-electron chi connectivity index (χ1n) is 7.17. The van der Waals surface area contributed by atoms with Gasteiger partial charge in [-0.25, -0.2) is 0 Å². The van der Waals surface area contributed by atoms with Gasteiger partial charge in [-0.3, -0.25) is 0 Å². The molecule has 0 saturated carbocycles. The maximum Gasteiger partial charge on any atom is 0.0374 e.